The molecule has 0 fully saturated rings. The second-order valence-corrected chi connectivity index (χ2v) is 7.76. The summed E-state index contributed by atoms with van der Waals surface area (Å²) in [5.41, 5.74) is 6.19. The quantitative estimate of drug-likeness (QED) is 0.617. The van der Waals surface area contributed by atoms with E-state index in [-0.39, 0.29) is 15.8 Å². The Morgan fingerprint density at radius 3 is 2.19 bits per heavy atom. The third kappa shape index (κ3) is 4.06. The minimum atomic E-state index is -3.95. The molecule has 0 saturated heterocycles. The second kappa shape index (κ2) is 7.22. The summed E-state index contributed by atoms with van der Waals surface area (Å²) in [5, 5.41) is 0.201. The van der Waals surface area contributed by atoms with Gasteiger partial charge in [-0.05, 0) is 59.8 Å². The Hall–Kier alpha value is -2.78. The molecule has 0 spiro atoms. The van der Waals surface area contributed by atoms with Gasteiger partial charge in [-0.1, -0.05) is 12.1 Å². The molecule has 0 saturated carbocycles. The number of carbonyl (C=O) groups is 1. The molecule has 1 amide bonds. The van der Waals surface area contributed by atoms with E-state index in [1.807, 2.05) is 0 Å². The first-order valence-corrected chi connectivity index (χ1v) is 9.56. The predicted octanol–water partition coefficient (Wildman–Crippen LogP) is 2.39. The molecule has 0 bridgehead atoms. The first-order chi connectivity index (χ1) is 12.4. The van der Waals surface area contributed by atoms with Crippen LogP contribution < -0.4 is 14.7 Å². The van der Waals surface area contributed by atoms with Crippen molar-refractivity contribution in [2.45, 2.75) is 4.90 Å². The lowest BCUT2D eigenvalue weighted by molar-refractivity contribution is -0.113. The van der Waals surface area contributed by atoms with Crippen molar-refractivity contribution >= 4 is 39.0 Å². The molecule has 0 unspecified atom stereocenters. The normalized spacial score (nSPS) is 15.8. The first-order valence-electron chi connectivity index (χ1n) is 7.34. The minimum absolute atomic E-state index is 0.0186. The highest BCUT2D eigenvalue weighted by atomic mass is 32.2. The highest BCUT2D eigenvalue weighted by Gasteiger charge is 2.20. The van der Waals surface area contributed by atoms with E-state index in [0.29, 0.717) is 16.2 Å². The van der Waals surface area contributed by atoms with Crippen LogP contribution in [-0.4, -0.2) is 26.6 Å². The van der Waals surface area contributed by atoms with Gasteiger partial charge >= 0.3 is 10.1 Å². The average Bonchev–Trinajstić information content (AvgIpc) is 2.93. The third-order valence-electron chi connectivity index (χ3n) is 3.37. The molecule has 2 N–H and O–H groups in total. The monoisotopic (exact) mass is 390 g/mol. The number of ether oxygens (including phenoxy) is 1. The van der Waals surface area contributed by atoms with Gasteiger partial charge < -0.3 is 14.7 Å². The Bertz CT molecular complexity index is 994. The molecule has 0 radical (unpaired) electrons. The number of carbonyl (C=O) groups excluding carboxylic acids is 1. The van der Waals surface area contributed by atoms with Gasteiger partial charge in [0.15, 0.2) is 5.17 Å². The van der Waals surface area contributed by atoms with E-state index < -0.39 is 16.0 Å². The molecular weight excluding hydrogens is 376 g/mol. The van der Waals surface area contributed by atoms with Crippen molar-refractivity contribution in [3.63, 3.8) is 0 Å². The maximum absolute atomic E-state index is 12.3. The maximum Gasteiger partial charge on any atom is 0.339 e. The van der Waals surface area contributed by atoms with Gasteiger partial charge in [-0.25, -0.2) is 0 Å². The lowest BCUT2D eigenvalue weighted by Crippen LogP contribution is -2.09. The molecular formula is C17H14N2O5S2. The van der Waals surface area contributed by atoms with Crippen molar-refractivity contribution in [3.05, 3.63) is 59.0 Å². The number of aliphatic imine (C=N–C) groups is 1. The Kier molecular flexibility index (Phi) is 5.01. The summed E-state index contributed by atoms with van der Waals surface area (Å²) in [6.45, 7) is 0. The van der Waals surface area contributed by atoms with Crippen LogP contribution in [0, 0.1) is 0 Å². The smallest absolute Gasteiger partial charge is 0.339 e. The summed E-state index contributed by atoms with van der Waals surface area (Å²) in [7, 11) is -2.46. The standard InChI is InChI=1S/C17H14N2O5S2/c1-23-12-6-8-14(9-7-12)26(21,22)24-13-4-2-11(3-5-13)10-15-16(20)19-17(18)25-15/h2-10H,1H3,(H2,18,19,20)/b15-10+. The Labute approximate surface area is 154 Å². The van der Waals surface area contributed by atoms with E-state index >= 15 is 0 Å². The fourth-order valence-corrected chi connectivity index (χ4v) is 3.73. The number of hydrogen-bond acceptors (Lipinski definition) is 7. The van der Waals surface area contributed by atoms with Crippen molar-refractivity contribution in [2.24, 2.45) is 10.7 Å². The van der Waals surface area contributed by atoms with Gasteiger partial charge in [0.05, 0.1) is 12.0 Å². The zero-order valence-corrected chi connectivity index (χ0v) is 15.2. The van der Waals surface area contributed by atoms with Crippen molar-refractivity contribution in [1.82, 2.24) is 0 Å². The Balaban J connectivity index is 1.74. The van der Waals surface area contributed by atoms with Crippen LogP contribution in [0.3, 0.4) is 0 Å². The summed E-state index contributed by atoms with van der Waals surface area (Å²) < 4.78 is 34.7. The van der Waals surface area contributed by atoms with Gasteiger partial charge in [0.25, 0.3) is 5.91 Å². The summed E-state index contributed by atoms with van der Waals surface area (Å²) >= 11 is 1.08. The highest BCUT2D eigenvalue weighted by molar-refractivity contribution is 8.18. The second-order valence-electron chi connectivity index (χ2n) is 5.15. The molecule has 9 heteroatoms. The molecule has 1 heterocycles. The fraction of sp³-hybridized carbons (Fsp3) is 0.0588. The van der Waals surface area contributed by atoms with E-state index in [1.54, 1.807) is 18.2 Å². The molecule has 134 valence electrons. The van der Waals surface area contributed by atoms with E-state index in [4.69, 9.17) is 14.7 Å². The maximum atomic E-state index is 12.3. The van der Waals surface area contributed by atoms with Gasteiger partial charge in [-0.15, -0.1) is 0 Å². The van der Waals surface area contributed by atoms with E-state index in [1.165, 1.54) is 43.5 Å². The number of rotatable bonds is 5. The molecule has 0 aromatic heterocycles. The number of benzene rings is 2. The number of amides is 1. The van der Waals surface area contributed by atoms with Crippen LogP contribution in [-0.2, 0) is 14.9 Å². The number of amidine groups is 1. The van der Waals surface area contributed by atoms with Crippen molar-refractivity contribution in [3.8, 4) is 11.5 Å². The number of nitrogens with zero attached hydrogens (tertiary/aromatic N) is 1. The summed E-state index contributed by atoms with van der Waals surface area (Å²) in [5.74, 6) is 0.310. The van der Waals surface area contributed by atoms with Crippen molar-refractivity contribution in [2.75, 3.05) is 7.11 Å². The summed E-state index contributed by atoms with van der Waals surface area (Å²) in [4.78, 5) is 15.6. The number of methoxy groups -OCH3 is 1. The molecule has 2 aromatic rings. The average molecular weight is 390 g/mol. The topological polar surface area (TPSA) is 108 Å². The minimum Gasteiger partial charge on any atom is -0.497 e. The van der Waals surface area contributed by atoms with Crippen LogP contribution >= 0.6 is 11.8 Å². The summed E-state index contributed by atoms with van der Waals surface area (Å²) in [6, 6.07) is 12.2. The van der Waals surface area contributed by atoms with Crippen LogP contribution in [0.2, 0.25) is 0 Å². The highest BCUT2D eigenvalue weighted by Crippen LogP contribution is 2.27. The lowest BCUT2D eigenvalue weighted by Gasteiger charge is -2.08. The Morgan fingerprint density at radius 2 is 1.65 bits per heavy atom. The number of hydrogen-bond donors (Lipinski definition) is 1. The predicted molar refractivity (Wildman–Crippen MR) is 99.4 cm³/mol. The zero-order valence-electron chi connectivity index (χ0n) is 13.6. The van der Waals surface area contributed by atoms with Gasteiger partial charge in [0, 0.05) is 0 Å². The van der Waals surface area contributed by atoms with Crippen molar-refractivity contribution in [1.29, 1.82) is 0 Å². The van der Waals surface area contributed by atoms with E-state index in [0.717, 1.165) is 11.8 Å². The van der Waals surface area contributed by atoms with Gasteiger partial charge in [-0.3, -0.25) is 4.79 Å². The number of thioether (sulfide) groups is 1. The molecule has 1 aliphatic heterocycles. The van der Waals surface area contributed by atoms with Crippen LogP contribution in [0.1, 0.15) is 5.56 Å². The van der Waals surface area contributed by atoms with Crippen molar-refractivity contribution < 1.29 is 22.1 Å². The zero-order chi connectivity index (χ0) is 18.7. The fourth-order valence-electron chi connectivity index (χ4n) is 2.11. The molecule has 0 aliphatic carbocycles. The van der Waals surface area contributed by atoms with Gasteiger partial charge in [-0.2, -0.15) is 13.4 Å². The lowest BCUT2D eigenvalue weighted by atomic mass is 10.2. The largest absolute Gasteiger partial charge is 0.497 e. The summed E-state index contributed by atoms with van der Waals surface area (Å²) in [6.07, 6.45) is 1.62. The molecule has 2 aromatic carbocycles. The SMILES string of the molecule is COc1ccc(S(=O)(=O)Oc2ccc(/C=C3/SC(N)=NC3=O)cc2)cc1. The molecule has 3 rings (SSSR count). The van der Waals surface area contributed by atoms with Crippen LogP contribution in [0.5, 0.6) is 11.5 Å². The van der Waals surface area contributed by atoms with E-state index in [2.05, 4.69) is 4.99 Å². The molecule has 1 aliphatic rings. The van der Waals surface area contributed by atoms with E-state index in [9.17, 15) is 13.2 Å². The third-order valence-corrected chi connectivity index (χ3v) is 5.44. The van der Waals surface area contributed by atoms with Crippen LogP contribution in [0.15, 0.2) is 63.3 Å². The molecule has 0 atom stereocenters. The molecule has 26 heavy (non-hydrogen) atoms. The number of nitrogens with two attached hydrogens (primary N) is 1. The van der Waals surface area contributed by atoms with Crippen LogP contribution in [0.4, 0.5) is 0 Å². The Morgan fingerprint density at radius 1 is 1.04 bits per heavy atom. The van der Waals surface area contributed by atoms with Gasteiger partial charge in [0.1, 0.15) is 16.4 Å². The van der Waals surface area contributed by atoms with Gasteiger partial charge in [0.2, 0.25) is 0 Å². The van der Waals surface area contributed by atoms with Crippen LogP contribution in [0.25, 0.3) is 6.08 Å². The molecule has 7 nitrogen and oxygen atoms in total. The first kappa shape index (κ1) is 18.0.